The summed E-state index contributed by atoms with van der Waals surface area (Å²) in [5, 5.41) is 2.76. The fourth-order valence-corrected chi connectivity index (χ4v) is 4.67. The molecule has 1 unspecified atom stereocenters. The van der Waals surface area contributed by atoms with Gasteiger partial charge in [0.25, 0.3) is 0 Å². The van der Waals surface area contributed by atoms with E-state index >= 15 is 0 Å². The van der Waals surface area contributed by atoms with Crippen LogP contribution in [-0.2, 0) is 20.2 Å². The Hall–Kier alpha value is -1.15. The monoisotopic (exact) mass is 417 g/mol. The molecule has 1 aromatic carbocycles. The molecule has 1 saturated heterocycles. The quantitative estimate of drug-likeness (QED) is 0.711. The summed E-state index contributed by atoms with van der Waals surface area (Å²) in [6.45, 7) is 7.87. The maximum atomic E-state index is 13.0. The van der Waals surface area contributed by atoms with Gasteiger partial charge in [-0.15, -0.1) is 12.4 Å². The molecule has 2 rings (SSSR count). The zero-order valence-corrected chi connectivity index (χ0v) is 18.0. The summed E-state index contributed by atoms with van der Waals surface area (Å²) < 4.78 is 27.4. The van der Waals surface area contributed by atoms with Crippen molar-refractivity contribution in [1.82, 2.24) is 9.62 Å². The van der Waals surface area contributed by atoms with Gasteiger partial charge in [0.05, 0.1) is 10.8 Å². The number of piperidine rings is 1. The maximum absolute atomic E-state index is 13.0. The predicted molar refractivity (Wildman–Crippen MR) is 111 cm³/mol. The predicted octanol–water partition coefficient (Wildman–Crippen LogP) is 2.27. The van der Waals surface area contributed by atoms with Crippen molar-refractivity contribution < 1.29 is 13.2 Å². The third-order valence-corrected chi connectivity index (χ3v) is 7.24. The number of carbonyl (C=O) groups is 1. The van der Waals surface area contributed by atoms with Crippen molar-refractivity contribution in [2.75, 3.05) is 26.2 Å². The molecular weight excluding hydrogens is 386 g/mol. The summed E-state index contributed by atoms with van der Waals surface area (Å²) in [6.07, 6.45) is 2.36. The summed E-state index contributed by atoms with van der Waals surface area (Å²) >= 11 is 0. The first kappa shape index (κ1) is 23.9. The van der Waals surface area contributed by atoms with E-state index in [-0.39, 0.29) is 41.1 Å². The van der Waals surface area contributed by atoms with E-state index in [4.69, 9.17) is 5.73 Å². The minimum atomic E-state index is -3.59. The number of nitrogens with one attached hydrogen (secondary N) is 1. The Bertz CT molecular complexity index is 720. The van der Waals surface area contributed by atoms with E-state index in [2.05, 4.69) is 26.1 Å². The van der Waals surface area contributed by atoms with Crippen molar-refractivity contribution in [3.8, 4) is 0 Å². The van der Waals surface area contributed by atoms with Crippen LogP contribution < -0.4 is 11.1 Å². The normalized spacial score (nSPS) is 18.6. The number of nitrogens with two attached hydrogens (primary N) is 1. The summed E-state index contributed by atoms with van der Waals surface area (Å²) in [6, 6.07) is 7.15. The van der Waals surface area contributed by atoms with E-state index in [0.29, 0.717) is 32.5 Å². The van der Waals surface area contributed by atoms with Gasteiger partial charge < -0.3 is 11.1 Å². The maximum Gasteiger partial charge on any atom is 0.243 e. The molecule has 0 bridgehead atoms. The molecule has 1 atom stereocenters. The smallest absolute Gasteiger partial charge is 0.243 e. The van der Waals surface area contributed by atoms with Crippen LogP contribution >= 0.6 is 12.4 Å². The molecule has 0 aliphatic carbocycles. The van der Waals surface area contributed by atoms with Crippen LogP contribution in [0.2, 0.25) is 0 Å². The summed E-state index contributed by atoms with van der Waals surface area (Å²) in [5.41, 5.74) is 6.55. The molecule has 1 aliphatic heterocycles. The number of benzene rings is 1. The van der Waals surface area contributed by atoms with Crippen LogP contribution in [0.5, 0.6) is 0 Å². The highest BCUT2D eigenvalue weighted by Crippen LogP contribution is 2.29. The Kier molecular flexibility index (Phi) is 8.73. The lowest BCUT2D eigenvalue weighted by Gasteiger charge is -2.31. The second-order valence-corrected chi connectivity index (χ2v) is 9.48. The summed E-state index contributed by atoms with van der Waals surface area (Å²) in [7, 11) is -3.59. The van der Waals surface area contributed by atoms with Gasteiger partial charge in [0.15, 0.2) is 0 Å². The molecule has 6 nitrogen and oxygen atoms in total. The number of hydrogen-bond donors (Lipinski definition) is 2. The number of halogens is 1. The highest BCUT2D eigenvalue weighted by Gasteiger charge is 2.33. The molecule has 1 heterocycles. The average molecular weight is 418 g/mol. The van der Waals surface area contributed by atoms with E-state index in [9.17, 15) is 13.2 Å². The zero-order valence-electron chi connectivity index (χ0n) is 16.4. The first-order chi connectivity index (χ1) is 12.2. The van der Waals surface area contributed by atoms with Crippen molar-refractivity contribution in [1.29, 1.82) is 0 Å². The number of carbonyl (C=O) groups excluding carboxylic acids is 1. The molecule has 1 amide bonds. The highest BCUT2D eigenvalue weighted by molar-refractivity contribution is 7.89. The highest BCUT2D eigenvalue weighted by atomic mass is 35.5. The summed E-state index contributed by atoms with van der Waals surface area (Å²) in [4.78, 5) is 12.5. The Morgan fingerprint density at radius 1 is 1.30 bits per heavy atom. The lowest BCUT2D eigenvalue weighted by Crippen LogP contribution is -2.46. The molecule has 154 valence electrons. The Morgan fingerprint density at radius 3 is 2.48 bits per heavy atom. The standard InChI is InChI=1S/C19H31N3O3S.ClH/c1-4-19(2,3)16-7-9-17(10-8-16)26(24,25)22-13-5-6-15(14-22)18(23)21-12-11-20;/h7-10,15H,4-6,11-14,20H2,1-3H3,(H,21,23);1H. The van der Waals surface area contributed by atoms with Gasteiger partial charge in [-0.25, -0.2) is 8.42 Å². The molecule has 8 heteroatoms. The molecule has 1 aromatic rings. The van der Waals surface area contributed by atoms with Gasteiger partial charge in [-0.2, -0.15) is 4.31 Å². The first-order valence-corrected chi connectivity index (χ1v) is 10.7. The number of rotatable bonds is 7. The van der Waals surface area contributed by atoms with Gasteiger partial charge in [-0.05, 0) is 42.4 Å². The van der Waals surface area contributed by atoms with Crippen LogP contribution in [-0.4, -0.2) is 44.8 Å². The van der Waals surface area contributed by atoms with Crippen LogP contribution in [0.3, 0.4) is 0 Å². The average Bonchev–Trinajstić information content (AvgIpc) is 2.66. The molecular formula is C19H32ClN3O3S. The second-order valence-electron chi connectivity index (χ2n) is 7.54. The van der Waals surface area contributed by atoms with Crippen molar-refractivity contribution in [3.05, 3.63) is 29.8 Å². The molecule has 3 N–H and O–H groups in total. The lowest BCUT2D eigenvalue weighted by molar-refractivity contribution is -0.126. The van der Waals surface area contributed by atoms with Crippen LogP contribution in [0, 0.1) is 5.92 Å². The summed E-state index contributed by atoms with van der Waals surface area (Å²) in [5.74, 6) is -0.432. The largest absolute Gasteiger partial charge is 0.355 e. The first-order valence-electron chi connectivity index (χ1n) is 9.31. The van der Waals surface area contributed by atoms with E-state index < -0.39 is 10.0 Å². The molecule has 0 spiro atoms. The van der Waals surface area contributed by atoms with Gasteiger partial charge >= 0.3 is 0 Å². The molecule has 0 aromatic heterocycles. The third-order valence-electron chi connectivity index (χ3n) is 5.36. The topological polar surface area (TPSA) is 92.5 Å². The van der Waals surface area contributed by atoms with Crippen LogP contribution in [0.4, 0.5) is 0 Å². The Labute approximate surface area is 169 Å². The van der Waals surface area contributed by atoms with Crippen molar-refractivity contribution in [2.45, 2.75) is 50.3 Å². The van der Waals surface area contributed by atoms with Crippen LogP contribution in [0.1, 0.15) is 45.6 Å². The molecule has 0 radical (unpaired) electrons. The number of sulfonamides is 1. The molecule has 0 saturated carbocycles. The molecule has 1 aliphatic rings. The number of amides is 1. The third kappa shape index (κ3) is 5.67. The van der Waals surface area contributed by atoms with E-state index in [0.717, 1.165) is 12.0 Å². The Morgan fingerprint density at radius 2 is 1.93 bits per heavy atom. The fraction of sp³-hybridized carbons (Fsp3) is 0.632. The second kappa shape index (κ2) is 9.87. The lowest BCUT2D eigenvalue weighted by atomic mass is 9.82. The Balaban J connectivity index is 0.00000364. The van der Waals surface area contributed by atoms with Gasteiger partial charge in [-0.3, -0.25) is 4.79 Å². The molecule has 27 heavy (non-hydrogen) atoms. The number of hydrogen-bond acceptors (Lipinski definition) is 4. The van der Waals surface area contributed by atoms with Crippen molar-refractivity contribution in [2.24, 2.45) is 11.7 Å². The van der Waals surface area contributed by atoms with Crippen molar-refractivity contribution >= 4 is 28.3 Å². The zero-order chi connectivity index (χ0) is 19.4. The SMILES string of the molecule is CCC(C)(C)c1ccc(S(=O)(=O)N2CCCC(C(=O)NCCN)C2)cc1.Cl. The molecule has 1 fully saturated rings. The van der Waals surface area contributed by atoms with E-state index in [1.165, 1.54) is 4.31 Å². The van der Waals surface area contributed by atoms with Crippen LogP contribution in [0.25, 0.3) is 0 Å². The minimum absolute atomic E-state index is 0. The van der Waals surface area contributed by atoms with E-state index in [1.807, 2.05) is 12.1 Å². The van der Waals surface area contributed by atoms with E-state index in [1.54, 1.807) is 12.1 Å². The van der Waals surface area contributed by atoms with Gasteiger partial charge in [0.1, 0.15) is 0 Å². The van der Waals surface area contributed by atoms with Gasteiger partial charge in [0, 0.05) is 26.2 Å². The number of nitrogens with zero attached hydrogens (tertiary/aromatic N) is 1. The fourth-order valence-electron chi connectivity index (χ4n) is 3.15. The van der Waals surface area contributed by atoms with Crippen LogP contribution in [0.15, 0.2) is 29.2 Å². The van der Waals surface area contributed by atoms with Crippen molar-refractivity contribution in [3.63, 3.8) is 0 Å². The van der Waals surface area contributed by atoms with Gasteiger partial charge in [-0.1, -0.05) is 32.9 Å². The van der Waals surface area contributed by atoms with Gasteiger partial charge in [0.2, 0.25) is 15.9 Å². The minimum Gasteiger partial charge on any atom is -0.355 e.